The second-order valence-electron chi connectivity index (χ2n) is 9.38. The van der Waals surface area contributed by atoms with Crippen molar-refractivity contribution in [2.45, 2.75) is 24.0 Å². The van der Waals surface area contributed by atoms with E-state index in [4.69, 9.17) is 9.02 Å². The van der Waals surface area contributed by atoms with Crippen LogP contribution in [0.25, 0.3) is 0 Å². The van der Waals surface area contributed by atoms with Crippen LogP contribution in [-0.4, -0.2) is 26.3 Å². The number of hydrogen-bond acceptors (Lipinski definition) is 7. The van der Waals surface area contributed by atoms with E-state index in [1.54, 1.807) is 47.5 Å². The second kappa shape index (κ2) is 9.68. The first kappa shape index (κ1) is 24.8. The van der Waals surface area contributed by atoms with Crippen LogP contribution in [0.3, 0.4) is 0 Å². The standard InChI is InChI=1S/C30H24N2O6S/c1-20-10-8-9-15-25(20)31-29(33)26-27(32(37-28(26)30(31)34)22-11-4-2-5-12-22)21-16-18-23(19-17-21)38-39(35,36)24-13-6-3-7-14-24/h2-19,26-28H,1H3/t26-,27+,28-/m0/s1. The number of imide groups is 1. The summed E-state index contributed by atoms with van der Waals surface area (Å²) in [6, 6.07) is 30.2. The zero-order valence-electron chi connectivity index (χ0n) is 20.9. The van der Waals surface area contributed by atoms with Gasteiger partial charge in [0.1, 0.15) is 16.6 Å². The number of fused-ring (bicyclic) bond motifs is 1. The van der Waals surface area contributed by atoms with Crippen LogP contribution >= 0.6 is 0 Å². The van der Waals surface area contributed by atoms with E-state index in [9.17, 15) is 18.0 Å². The van der Waals surface area contributed by atoms with Crippen molar-refractivity contribution in [2.75, 3.05) is 9.96 Å². The average molecular weight is 541 g/mol. The minimum atomic E-state index is -4.01. The Labute approximate surface area is 226 Å². The first-order valence-electron chi connectivity index (χ1n) is 12.4. The molecule has 2 heterocycles. The number of hydrogen-bond donors (Lipinski definition) is 0. The van der Waals surface area contributed by atoms with Crippen molar-refractivity contribution in [2.24, 2.45) is 5.92 Å². The molecule has 8 nitrogen and oxygen atoms in total. The van der Waals surface area contributed by atoms with Crippen molar-refractivity contribution in [1.29, 1.82) is 0 Å². The molecule has 2 aliphatic heterocycles. The van der Waals surface area contributed by atoms with Gasteiger partial charge in [-0.25, -0.2) is 9.96 Å². The Bertz CT molecular complexity index is 1640. The Balaban J connectivity index is 1.35. The lowest BCUT2D eigenvalue weighted by atomic mass is 9.90. The quantitative estimate of drug-likeness (QED) is 0.256. The molecule has 2 amide bonds. The van der Waals surface area contributed by atoms with Crippen LogP contribution in [-0.2, 0) is 24.5 Å². The predicted molar refractivity (Wildman–Crippen MR) is 144 cm³/mol. The van der Waals surface area contributed by atoms with Gasteiger partial charge in [0.05, 0.1) is 17.4 Å². The number of carbonyl (C=O) groups excluding carboxylic acids is 2. The lowest BCUT2D eigenvalue weighted by Crippen LogP contribution is -2.37. The second-order valence-corrected chi connectivity index (χ2v) is 10.9. The molecule has 3 atom stereocenters. The van der Waals surface area contributed by atoms with Crippen molar-refractivity contribution in [1.82, 2.24) is 0 Å². The van der Waals surface area contributed by atoms with Crippen molar-refractivity contribution in [3.05, 3.63) is 120 Å². The van der Waals surface area contributed by atoms with Gasteiger partial charge in [0, 0.05) is 0 Å². The first-order valence-corrected chi connectivity index (χ1v) is 13.8. The maximum atomic E-state index is 13.8. The number of benzene rings is 4. The molecule has 4 aromatic rings. The summed E-state index contributed by atoms with van der Waals surface area (Å²) in [5.74, 6) is -1.46. The highest BCUT2D eigenvalue weighted by Crippen LogP contribution is 2.48. The van der Waals surface area contributed by atoms with Crippen molar-refractivity contribution in [3.63, 3.8) is 0 Å². The number of carbonyl (C=O) groups is 2. The monoisotopic (exact) mass is 540 g/mol. The number of aryl methyl sites for hydroxylation is 1. The summed E-state index contributed by atoms with van der Waals surface area (Å²) in [7, 11) is -4.01. The Kier molecular flexibility index (Phi) is 6.17. The zero-order valence-corrected chi connectivity index (χ0v) is 21.7. The smallest absolute Gasteiger partial charge is 0.339 e. The van der Waals surface area contributed by atoms with Gasteiger partial charge < -0.3 is 4.18 Å². The summed E-state index contributed by atoms with van der Waals surface area (Å²) >= 11 is 0. The fourth-order valence-electron chi connectivity index (χ4n) is 5.09. The van der Waals surface area contributed by atoms with E-state index in [1.165, 1.54) is 29.2 Å². The largest absolute Gasteiger partial charge is 0.379 e. The van der Waals surface area contributed by atoms with Gasteiger partial charge in [0.2, 0.25) is 5.91 Å². The van der Waals surface area contributed by atoms with Crippen LogP contribution in [0.2, 0.25) is 0 Å². The third-order valence-corrected chi connectivity index (χ3v) is 8.20. The van der Waals surface area contributed by atoms with Gasteiger partial charge in [-0.3, -0.25) is 14.4 Å². The predicted octanol–water partition coefficient (Wildman–Crippen LogP) is 4.81. The molecule has 0 unspecified atom stereocenters. The molecule has 6 rings (SSSR count). The summed E-state index contributed by atoms with van der Waals surface area (Å²) < 4.78 is 30.7. The SMILES string of the molecule is Cc1ccccc1N1C(=O)[C@@H]2[C@H](ON(c3ccccc3)[C@@H]2c2ccc(OS(=O)(=O)c3ccccc3)cc2)C1=O. The molecule has 0 radical (unpaired) electrons. The van der Waals surface area contributed by atoms with E-state index < -0.39 is 34.1 Å². The Hall–Kier alpha value is -4.47. The molecule has 0 aromatic heterocycles. The number of para-hydroxylation sites is 2. The number of hydroxylamine groups is 1. The summed E-state index contributed by atoms with van der Waals surface area (Å²) in [6.07, 6.45) is -1.00. The fraction of sp³-hybridized carbons (Fsp3) is 0.133. The lowest BCUT2D eigenvalue weighted by molar-refractivity contribution is -0.126. The molecule has 39 heavy (non-hydrogen) atoms. The first-order chi connectivity index (χ1) is 18.8. The van der Waals surface area contributed by atoms with Crippen LogP contribution in [0.4, 0.5) is 11.4 Å². The van der Waals surface area contributed by atoms with Crippen LogP contribution in [0.15, 0.2) is 114 Å². The molecule has 2 saturated heterocycles. The van der Waals surface area contributed by atoms with Gasteiger partial charge in [-0.05, 0) is 60.5 Å². The molecular formula is C30H24N2O6S. The van der Waals surface area contributed by atoms with Gasteiger partial charge in [0.25, 0.3) is 5.91 Å². The van der Waals surface area contributed by atoms with Crippen LogP contribution in [0.5, 0.6) is 5.75 Å². The molecule has 2 fully saturated rings. The molecule has 0 spiro atoms. The maximum Gasteiger partial charge on any atom is 0.339 e. The third-order valence-electron chi connectivity index (χ3n) is 6.94. The molecule has 0 aliphatic carbocycles. The molecule has 0 saturated carbocycles. The van der Waals surface area contributed by atoms with E-state index in [2.05, 4.69) is 0 Å². The lowest BCUT2D eigenvalue weighted by Gasteiger charge is -2.29. The summed E-state index contributed by atoms with van der Waals surface area (Å²) in [6.45, 7) is 1.85. The Morgan fingerprint density at radius 3 is 2.03 bits per heavy atom. The molecular weight excluding hydrogens is 516 g/mol. The number of rotatable bonds is 6. The minimum Gasteiger partial charge on any atom is -0.379 e. The Morgan fingerprint density at radius 2 is 1.36 bits per heavy atom. The van der Waals surface area contributed by atoms with Gasteiger partial charge in [-0.1, -0.05) is 66.7 Å². The number of anilines is 2. The molecule has 0 bridgehead atoms. The number of nitrogens with zero attached hydrogens (tertiary/aromatic N) is 2. The molecule has 196 valence electrons. The van der Waals surface area contributed by atoms with E-state index in [1.807, 2.05) is 49.4 Å². The van der Waals surface area contributed by atoms with E-state index in [0.717, 1.165) is 5.56 Å². The van der Waals surface area contributed by atoms with Gasteiger partial charge in [0.15, 0.2) is 6.10 Å². The summed E-state index contributed by atoms with van der Waals surface area (Å²) in [5, 5.41) is 1.59. The van der Waals surface area contributed by atoms with E-state index in [0.29, 0.717) is 16.9 Å². The normalized spacial score (nSPS) is 20.8. The third kappa shape index (κ3) is 4.35. The summed E-state index contributed by atoms with van der Waals surface area (Å²) in [5.41, 5.74) is 2.69. The van der Waals surface area contributed by atoms with Gasteiger partial charge in [-0.15, -0.1) is 0 Å². The highest BCUT2D eigenvalue weighted by atomic mass is 32.2. The average Bonchev–Trinajstić information content (AvgIpc) is 3.46. The highest BCUT2D eigenvalue weighted by molar-refractivity contribution is 7.87. The minimum absolute atomic E-state index is 0.0442. The number of amides is 2. The molecule has 4 aromatic carbocycles. The highest BCUT2D eigenvalue weighted by Gasteiger charge is 2.60. The van der Waals surface area contributed by atoms with E-state index >= 15 is 0 Å². The molecule has 0 N–H and O–H groups in total. The molecule has 2 aliphatic rings. The van der Waals surface area contributed by atoms with Crippen molar-refractivity contribution < 1.29 is 27.0 Å². The van der Waals surface area contributed by atoms with Gasteiger partial charge in [-0.2, -0.15) is 8.42 Å². The van der Waals surface area contributed by atoms with Crippen LogP contribution < -0.4 is 14.1 Å². The van der Waals surface area contributed by atoms with Gasteiger partial charge >= 0.3 is 10.1 Å². The van der Waals surface area contributed by atoms with E-state index in [-0.39, 0.29) is 16.6 Å². The molecule has 9 heteroatoms. The zero-order chi connectivity index (χ0) is 27.1. The topological polar surface area (TPSA) is 93.2 Å². The van der Waals surface area contributed by atoms with Crippen LogP contribution in [0.1, 0.15) is 17.2 Å². The summed E-state index contributed by atoms with van der Waals surface area (Å²) in [4.78, 5) is 34.8. The van der Waals surface area contributed by atoms with Crippen molar-refractivity contribution in [3.8, 4) is 5.75 Å². The fourth-order valence-corrected chi connectivity index (χ4v) is 6.04. The maximum absolute atomic E-state index is 13.8. The van der Waals surface area contributed by atoms with Crippen molar-refractivity contribution >= 4 is 33.3 Å². The van der Waals surface area contributed by atoms with Crippen LogP contribution in [0, 0.1) is 12.8 Å². The Morgan fingerprint density at radius 1 is 0.744 bits per heavy atom.